The maximum Gasteiger partial charge on any atom is 0.176 e. The highest BCUT2D eigenvalue weighted by molar-refractivity contribution is 6.04. The molecule has 3 aromatic rings. The highest BCUT2D eigenvalue weighted by Crippen LogP contribution is 2.43. The zero-order chi connectivity index (χ0) is 13.5. The van der Waals surface area contributed by atoms with Gasteiger partial charge in [-0.15, -0.1) is 0 Å². The molecule has 0 bridgehead atoms. The molecule has 20 heavy (non-hydrogen) atoms. The number of furan rings is 2. The van der Waals surface area contributed by atoms with Crippen LogP contribution in [0.5, 0.6) is 5.75 Å². The summed E-state index contributed by atoms with van der Waals surface area (Å²) in [5.41, 5.74) is 2.92. The van der Waals surface area contributed by atoms with Crippen molar-refractivity contribution < 1.29 is 13.6 Å². The van der Waals surface area contributed by atoms with Gasteiger partial charge >= 0.3 is 0 Å². The number of ether oxygens (including phenoxy) is 1. The monoisotopic (exact) mass is 271 g/mol. The molecule has 1 aliphatic heterocycles. The van der Waals surface area contributed by atoms with Gasteiger partial charge in [-0.3, -0.25) is 0 Å². The lowest BCUT2D eigenvalue weighted by molar-refractivity contribution is 0.408. The summed E-state index contributed by atoms with van der Waals surface area (Å²) in [6.07, 6.45) is 7.05. The van der Waals surface area contributed by atoms with Gasteiger partial charge in [0.15, 0.2) is 11.3 Å². The smallest absolute Gasteiger partial charge is 0.176 e. The quantitative estimate of drug-likeness (QED) is 0.765. The third-order valence-corrected chi connectivity index (χ3v) is 4.18. The fourth-order valence-electron chi connectivity index (χ4n) is 3.29. The summed E-state index contributed by atoms with van der Waals surface area (Å²) in [4.78, 5) is 0. The fraction of sp³-hybridized carbons (Fsp3) is 0.375. The molecule has 1 saturated heterocycles. The maximum atomic E-state index is 5.76. The van der Waals surface area contributed by atoms with Crippen LogP contribution >= 0.6 is 0 Å². The van der Waals surface area contributed by atoms with Gasteiger partial charge in [0, 0.05) is 17.0 Å². The molecular weight excluding hydrogens is 254 g/mol. The summed E-state index contributed by atoms with van der Waals surface area (Å²) in [6.45, 7) is 1.05. The van der Waals surface area contributed by atoms with Gasteiger partial charge in [-0.25, -0.2) is 0 Å². The number of hydrogen-bond donors (Lipinski definition) is 1. The second-order valence-electron chi connectivity index (χ2n) is 5.28. The van der Waals surface area contributed by atoms with E-state index in [0.29, 0.717) is 6.04 Å². The zero-order valence-electron chi connectivity index (χ0n) is 11.4. The van der Waals surface area contributed by atoms with E-state index in [1.807, 2.05) is 12.1 Å². The molecule has 1 fully saturated rings. The van der Waals surface area contributed by atoms with E-state index >= 15 is 0 Å². The van der Waals surface area contributed by atoms with Crippen LogP contribution in [0.3, 0.4) is 0 Å². The molecule has 0 aliphatic carbocycles. The number of hydrogen-bond acceptors (Lipinski definition) is 4. The Morgan fingerprint density at radius 1 is 1.10 bits per heavy atom. The minimum atomic E-state index is 0.323. The molecule has 3 heterocycles. The van der Waals surface area contributed by atoms with E-state index in [0.717, 1.165) is 40.7 Å². The highest BCUT2D eigenvalue weighted by atomic mass is 16.5. The number of benzene rings is 1. The number of piperidine rings is 1. The minimum absolute atomic E-state index is 0.323. The largest absolute Gasteiger partial charge is 0.492 e. The summed E-state index contributed by atoms with van der Waals surface area (Å²) in [6, 6.07) is 4.27. The van der Waals surface area contributed by atoms with Gasteiger partial charge in [-0.05, 0) is 31.5 Å². The van der Waals surface area contributed by atoms with Gasteiger partial charge in [0.25, 0.3) is 0 Å². The molecule has 1 atom stereocenters. The average Bonchev–Trinajstić information content (AvgIpc) is 3.14. The first-order valence-corrected chi connectivity index (χ1v) is 7.08. The van der Waals surface area contributed by atoms with Gasteiger partial charge in [-0.2, -0.15) is 0 Å². The van der Waals surface area contributed by atoms with Crippen LogP contribution in [0.15, 0.2) is 33.5 Å². The molecule has 4 nitrogen and oxygen atoms in total. The number of nitrogens with one attached hydrogen (secondary N) is 1. The molecule has 1 unspecified atom stereocenters. The van der Waals surface area contributed by atoms with Crippen LogP contribution in [0.4, 0.5) is 0 Å². The second kappa shape index (κ2) is 4.56. The van der Waals surface area contributed by atoms with E-state index < -0.39 is 0 Å². The van der Waals surface area contributed by atoms with Gasteiger partial charge in [0.05, 0.1) is 25.0 Å². The van der Waals surface area contributed by atoms with E-state index in [2.05, 4.69) is 5.32 Å². The molecular formula is C16H17NO3. The van der Waals surface area contributed by atoms with Gasteiger partial charge in [0.1, 0.15) is 5.58 Å². The fourth-order valence-corrected chi connectivity index (χ4v) is 3.29. The van der Waals surface area contributed by atoms with Gasteiger partial charge in [0.2, 0.25) is 0 Å². The third-order valence-electron chi connectivity index (χ3n) is 4.18. The molecule has 0 saturated carbocycles. The Kier molecular flexibility index (Phi) is 2.70. The Morgan fingerprint density at radius 3 is 2.65 bits per heavy atom. The van der Waals surface area contributed by atoms with E-state index in [-0.39, 0.29) is 0 Å². The molecule has 2 aromatic heterocycles. The van der Waals surface area contributed by atoms with E-state index in [1.165, 1.54) is 18.4 Å². The van der Waals surface area contributed by atoms with Crippen molar-refractivity contribution in [1.29, 1.82) is 0 Å². The first kappa shape index (κ1) is 11.9. The van der Waals surface area contributed by atoms with Crippen LogP contribution in [0, 0.1) is 0 Å². The second-order valence-corrected chi connectivity index (χ2v) is 5.28. The molecule has 0 amide bonds. The lowest BCUT2D eigenvalue weighted by atomic mass is 9.93. The molecule has 104 valence electrons. The summed E-state index contributed by atoms with van der Waals surface area (Å²) in [7, 11) is 1.67. The van der Waals surface area contributed by atoms with Crippen LogP contribution in [-0.2, 0) is 0 Å². The average molecular weight is 271 g/mol. The normalized spacial score (nSPS) is 19.8. The summed E-state index contributed by atoms with van der Waals surface area (Å²) >= 11 is 0. The van der Waals surface area contributed by atoms with Crippen LogP contribution in [0.1, 0.15) is 30.9 Å². The predicted molar refractivity (Wildman–Crippen MR) is 77.1 cm³/mol. The minimum Gasteiger partial charge on any atom is -0.492 e. The van der Waals surface area contributed by atoms with Crippen molar-refractivity contribution in [1.82, 2.24) is 5.32 Å². The van der Waals surface area contributed by atoms with Crippen molar-refractivity contribution in [2.45, 2.75) is 25.3 Å². The van der Waals surface area contributed by atoms with Crippen molar-refractivity contribution in [2.24, 2.45) is 0 Å². The Hall–Kier alpha value is -1.94. The standard InChI is InChI=1S/C16H17NO3/c1-18-15-11-6-9-19-14(11)13(10-5-8-20-16(10)15)12-4-2-3-7-17-12/h5-6,8-9,12,17H,2-4,7H2,1H3. The first-order chi connectivity index (χ1) is 9.90. The molecule has 4 rings (SSSR count). The lowest BCUT2D eigenvalue weighted by Gasteiger charge is -2.24. The van der Waals surface area contributed by atoms with Crippen molar-refractivity contribution in [3.05, 3.63) is 30.2 Å². The Labute approximate surface area is 116 Å². The summed E-state index contributed by atoms with van der Waals surface area (Å²) < 4.78 is 16.9. The topological polar surface area (TPSA) is 47.5 Å². The van der Waals surface area contributed by atoms with Gasteiger partial charge < -0.3 is 18.9 Å². The maximum absolute atomic E-state index is 5.76. The summed E-state index contributed by atoms with van der Waals surface area (Å²) in [5, 5.41) is 5.66. The molecule has 1 aliphatic rings. The zero-order valence-corrected chi connectivity index (χ0v) is 11.4. The van der Waals surface area contributed by atoms with Crippen molar-refractivity contribution in [3.63, 3.8) is 0 Å². The third kappa shape index (κ3) is 1.58. The van der Waals surface area contributed by atoms with Crippen molar-refractivity contribution >= 4 is 21.9 Å². The Balaban J connectivity index is 2.05. The first-order valence-electron chi connectivity index (χ1n) is 7.08. The predicted octanol–water partition coefficient (Wildman–Crippen LogP) is 4.00. The Bertz CT molecular complexity index is 698. The Morgan fingerprint density at radius 2 is 1.90 bits per heavy atom. The summed E-state index contributed by atoms with van der Waals surface area (Å²) in [5.74, 6) is 0.758. The van der Waals surface area contributed by atoms with Crippen LogP contribution < -0.4 is 10.1 Å². The molecule has 0 radical (unpaired) electrons. The van der Waals surface area contributed by atoms with Crippen molar-refractivity contribution in [2.75, 3.05) is 13.7 Å². The highest BCUT2D eigenvalue weighted by Gasteiger charge is 2.25. The molecule has 1 aromatic carbocycles. The van der Waals surface area contributed by atoms with E-state index in [4.69, 9.17) is 13.6 Å². The SMILES string of the molecule is COc1c2ccoc2c(C2CCCCN2)c2ccoc12. The number of methoxy groups -OCH3 is 1. The van der Waals surface area contributed by atoms with Crippen LogP contribution in [-0.4, -0.2) is 13.7 Å². The van der Waals surface area contributed by atoms with Crippen molar-refractivity contribution in [3.8, 4) is 5.75 Å². The van der Waals surface area contributed by atoms with Crippen LogP contribution in [0.25, 0.3) is 21.9 Å². The van der Waals surface area contributed by atoms with Crippen LogP contribution in [0.2, 0.25) is 0 Å². The molecule has 4 heteroatoms. The van der Waals surface area contributed by atoms with Gasteiger partial charge in [-0.1, -0.05) is 6.42 Å². The van der Waals surface area contributed by atoms with E-state index in [9.17, 15) is 0 Å². The number of rotatable bonds is 2. The lowest BCUT2D eigenvalue weighted by Crippen LogP contribution is -2.27. The van der Waals surface area contributed by atoms with E-state index in [1.54, 1.807) is 19.6 Å². The molecule has 1 N–H and O–H groups in total. The number of fused-ring (bicyclic) bond motifs is 2. The molecule has 0 spiro atoms.